The van der Waals surface area contributed by atoms with Gasteiger partial charge >= 0.3 is 17.7 Å². The quantitative estimate of drug-likeness (QED) is 0.148. The lowest BCUT2D eigenvalue weighted by Crippen LogP contribution is -2.55. The number of esters is 1. The Morgan fingerprint density at radius 3 is 2.36 bits per heavy atom. The third kappa shape index (κ3) is 7.20. The first-order chi connectivity index (χ1) is 20.1. The van der Waals surface area contributed by atoms with Gasteiger partial charge in [0.05, 0.1) is 32.7 Å². The molecule has 2 aliphatic rings. The summed E-state index contributed by atoms with van der Waals surface area (Å²) in [6, 6.07) is 6.02. The second kappa shape index (κ2) is 14.0. The zero-order chi connectivity index (χ0) is 30.4. The second-order valence-electron chi connectivity index (χ2n) is 10.8. The van der Waals surface area contributed by atoms with Crippen molar-refractivity contribution in [1.29, 1.82) is 0 Å². The Morgan fingerprint density at radius 1 is 0.929 bits per heavy atom. The standard InChI is InChI=1S/C29H38N2O11/c1-39-28(37)23-15-5-6-16(11-15)27(26(36)25(35)24(23)34)41-18-7-8-19-17(13-22(33)42-20(19)14-18)12-21(32)30-9-3-4-10-31-29(38)40-2/h7-8,13-16,23-27,34-36H,3-6,9-12H2,1-2H3,(H,30,32)(H,31,38). The zero-order valence-electron chi connectivity index (χ0n) is 23.6. The van der Waals surface area contributed by atoms with Crippen molar-refractivity contribution in [3.05, 3.63) is 40.2 Å². The van der Waals surface area contributed by atoms with Gasteiger partial charge in [-0.3, -0.25) is 9.59 Å². The van der Waals surface area contributed by atoms with Crippen molar-refractivity contribution in [1.82, 2.24) is 10.6 Å². The van der Waals surface area contributed by atoms with Gasteiger partial charge in [-0.25, -0.2) is 9.59 Å². The van der Waals surface area contributed by atoms with E-state index in [0.717, 1.165) is 0 Å². The molecule has 4 rings (SSSR count). The highest BCUT2D eigenvalue weighted by Crippen LogP contribution is 2.44. The van der Waals surface area contributed by atoms with Gasteiger partial charge in [0.25, 0.3) is 0 Å². The lowest BCUT2D eigenvalue weighted by atomic mass is 9.77. The van der Waals surface area contributed by atoms with Crippen LogP contribution in [0.5, 0.6) is 5.75 Å². The molecule has 0 aliphatic heterocycles. The van der Waals surface area contributed by atoms with Gasteiger partial charge < -0.3 is 44.6 Å². The Labute approximate surface area is 242 Å². The Hall–Kier alpha value is -3.68. The van der Waals surface area contributed by atoms with Crippen LogP contribution in [-0.4, -0.2) is 85.0 Å². The van der Waals surface area contributed by atoms with Gasteiger partial charge in [0.1, 0.15) is 29.6 Å². The summed E-state index contributed by atoms with van der Waals surface area (Å²) in [6.45, 7) is 0.815. The van der Waals surface area contributed by atoms with Crippen molar-refractivity contribution in [3.8, 4) is 5.75 Å². The largest absolute Gasteiger partial charge is 0.487 e. The summed E-state index contributed by atoms with van der Waals surface area (Å²) < 4.78 is 20.8. The van der Waals surface area contributed by atoms with Crippen LogP contribution >= 0.6 is 0 Å². The molecule has 42 heavy (non-hydrogen) atoms. The van der Waals surface area contributed by atoms with E-state index in [1.54, 1.807) is 12.1 Å². The Morgan fingerprint density at radius 2 is 1.64 bits per heavy atom. The fraction of sp³-hybridized carbons (Fsp3) is 0.586. The third-order valence-corrected chi connectivity index (χ3v) is 8.17. The topological polar surface area (TPSA) is 194 Å². The Balaban J connectivity index is 1.43. The summed E-state index contributed by atoms with van der Waals surface area (Å²) in [4.78, 5) is 48.2. The number of nitrogens with one attached hydrogen (secondary N) is 2. The maximum Gasteiger partial charge on any atom is 0.406 e. The van der Waals surface area contributed by atoms with Gasteiger partial charge in [0.15, 0.2) is 0 Å². The van der Waals surface area contributed by atoms with Gasteiger partial charge in [0, 0.05) is 30.6 Å². The first-order valence-electron chi connectivity index (χ1n) is 14.1. The zero-order valence-corrected chi connectivity index (χ0v) is 23.6. The number of unbranched alkanes of at least 4 members (excludes halogenated alkanes) is 1. The summed E-state index contributed by atoms with van der Waals surface area (Å²) in [5, 5.41) is 38.4. The summed E-state index contributed by atoms with van der Waals surface area (Å²) in [6.07, 6.45) is -3.13. The number of fused-ring (bicyclic) bond motifs is 3. The Kier molecular flexibility index (Phi) is 10.4. The lowest BCUT2D eigenvalue weighted by molar-refractivity contribution is -0.169. The molecular formula is C29H38N2O11. The number of carbonyl (C=O) groups excluding carboxylic acids is 3. The van der Waals surface area contributed by atoms with Crippen LogP contribution in [-0.2, 0) is 25.5 Å². The summed E-state index contributed by atoms with van der Waals surface area (Å²) >= 11 is 0. The molecule has 2 aliphatic carbocycles. The number of carbonyl (C=O) groups is 3. The van der Waals surface area contributed by atoms with Crippen LogP contribution in [0.1, 0.15) is 37.7 Å². The van der Waals surface area contributed by atoms with Gasteiger partial charge in [-0.2, -0.15) is 0 Å². The van der Waals surface area contributed by atoms with E-state index in [1.165, 1.54) is 26.4 Å². The molecule has 2 bridgehead atoms. The van der Waals surface area contributed by atoms with E-state index < -0.39 is 48.0 Å². The van der Waals surface area contributed by atoms with Crippen LogP contribution in [0.2, 0.25) is 0 Å². The number of amides is 2. The number of hydrogen-bond acceptors (Lipinski definition) is 11. The Bertz CT molecular complexity index is 1330. The molecule has 7 atom stereocenters. The molecule has 2 amide bonds. The van der Waals surface area contributed by atoms with Crippen molar-refractivity contribution in [2.75, 3.05) is 27.3 Å². The minimum absolute atomic E-state index is 0.0566. The minimum Gasteiger partial charge on any atom is -0.487 e. The summed E-state index contributed by atoms with van der Waals surface area (Å²) in [5.41, 5.74) is 0.00990. The molecule has 2 aromatic rings. The van der Waals surface area contributed by atoms with E-state index in [9.17, 15) is 34.5 Å². The number of aliphatic hydroxyl groups is 3. The molecule has 0 radical (unpaired) electrons. The molecule has 1 heterocycles. The highest BCUT2D eigenvalue weighted by atomic mass is 16.5. The molecule has 0 spiro atoms. The number of benzene rings is 1. The third-order valence-electron chi connectivity index (χ3n) is 8.17. The number of methoxy groups -OCH3 is 2. The van der Waals surface area contributed by atoms with Crippen LogP contribution in [0.15, 0.2) is 33.5 Å². The van der Waals surface area contributed by atoms with E-state index in [2.05, 4.69) is 15.4 Å². The molecule has 230 valence electrons. The van der Waals surface area contributed by atoms with Gasteiger partial charge in [-0.05, 0) is 61.6 Å². The van der Waals surface area contributed by atoms with E-state index in [0.29, 0.717) is 56.1 Å². The average Bonchev–Trinajstić information content (AvgIpc) is 3.45. The van der Waals surface area contributed by atoms with Crippen molar-refractivity contribution in [3.63, 3.8) is 0 Å². The monoisotopic (exact) mass is 590 g/mol. The molecular weight excluding hydrogens is 552 g/mol. The summed E-state index contributed by atoms with van der Waals surface area (Å²) in [5.74, 6) is -2.01. The molecule has 0 saturated heterocycles. The second-order valence-corrected chi connectivity index (χ2v) is 10.8. The van der Waals surface area contributed by atoms with Crippen molar-refractivity contribution in [2.45, 2.75) is 62.9 Å². The molecule has 1 aromatic carbocycles. The highest BCUT2D eigenvalue weighted by molar-refractivity contribution is 5.87. The average molecular weight is 591 g/mol. The van der Waals surface area contributed by atoms with Crippen LogP contribution in [0.4, 0.5) is 4.79 Å². The van der Waals surface area contributed by atoms with Crippen LogP contribution in [0, 0.1) is 17.8 Å². The highest BCUT2D eigenvalue weighted by Gasteiger charge is 2.51. The van der Waals surface area contributed by atoms with Crippen molar-refractivity contribution >= 4 is 28.9 Å². The minimum atomic E-state index is -1.64. The number of alkyl carbamates (subject to hydrolysis) is 1. The first kappa shape index (κ1) is 31.3. The van der Waals surface area contributed by atoms with Crippen molar-refractivity contribution in [2.24, 2.45) is 17.8 Å². The fourth-order valence-corrected chi connectivity index (χ4v) is 6.04. The predicted molar refractivity (Wildman–Crippen MR) is 148 cm³/mol. The van der Waals surface area contributed by atoms with Gasteiger partial charge in [-0.1, -0.05) is 0 Å². The normalized spacial score (nSPS) is 27.0. The number of hydrogen-bond donors (Lipinski definition) is 5. The maximum atomic E-state index is 12.5. The van der Waals surface area contributed by atoms with E-state index in [-0.39, 0.29) is 35.5 Å². The number of ether oxygens (including phenoxy) is 3. The van der Waals surface area contributed by atoms with Crippen LogP contribution in [0.25, 0.3) is 11.0 Å². The molecule has 13 heteroatoms. The predicted octanol–water partition coefficient (Wildman–Crippen LogP) is 0.637. The van der Waals surface area contributed by atoms with E-state index in [1.807, 2.05) is 0 Å². The fourth-order valence-electron chi connectivity index (χ4n) is 6.04. The van der Waals surface area contributed by atoms with E-state index in [4.69, 9.17) is 13.9 Å². The van der Waals surface area contributed by atoms with Crippen LogP contribution in [0.3, 0.4) is 0 Å². The molecule has 1 aromatic heterocycles. The number of aliphatic hydroxyl groups excluding tert-OH is 3. The van der Waals surface area contributed by atoms with E-state index >= 15 is 0 Å². The molecule has 2 saturated carbocycles. The summed E-state index contributed by atoms with van der Waals surface area (Å²) in [7, 11) is 2.51. The van der Waals surface area contributed by atoms with Gasteiger partial charge in [0.2, 0.25) is 5.91 Å². The molecule has 7 unspecified atom stereocenters. The van der Waals surface area contributed by atoms with Crippen LogP contribution < -0.4 is 21.0 Å². The first-order valence-corrected chi connectivity index (χ1v) is 14.1. The maximum absolute atomic E-state index is 12.5. The van der Waals surface area contributed by atoms with Gasteiger partial charge in [-0.15, -0.1) is 0 Å². The lowest BCUT2D eigenvalue weighted by Gasteiger charge is -2.38. The molecule has 13 nitrogen and oxygen atoms in total. The van der Waals surface area contributed by atoms with Crippen molar-refractivity contribution < 1.29 is 48.3 Å². The number of rotatable bonds is 10. The smallest absolute Gasteiger partial charge is 0.406 e. The molecule has 2 fully saturated rings. The SMILES string of the molecule is COC(=O)NCCCCNC(=O)Cc1cc(=O)oc2cc(OC3C4CCC(C4)C(C(=O)OC)C(O)C(O)C3O)ccc12. The molecule has 5 N–H and O–H groups in total.